The van der Waals surface area contributed by atoms with Gasteiger partial charge in [-0.1, -0.05) is 6.07 Å². The number of rotatable bonds is 4. The first-order chi connectivity index (χ1) is 8.66. The van der Waals surface area contributed by atoms with Crippen LogP contribution in [0.4, 0.5) is 11.4 Å². The molecule has 94 valence electrons. The molecule has 0 amide bonds. The number of nitrogen functional groups attached to an aromatic ring is 1. The summed E-state index contributed by atoms with van der Waals surface area (Å²) in [6.07, 6.45) is 4.65. The molecule has 18 heavy (non-hydrogen) atoms. The van der Waals surface area contributed by atoms with E-state index in [2.05, 4.69) is 36.0 Å². The maximum atomic E-state index is 6.04. The van der Waals surface area contributed by atoms with Gasteiger partial charge in [0.05, 0.1) is 11.4 Å². The molecule has 0 atom stereocenters. The fourth-order valence-electron chi connectivity index (χ4n) is 1.99. The van der Waals surface area contributed by atoms with E-state index in [0.29, 0.717) is 0 Å². The SMILES string of the molecule is Cc1ccc(N(C)CCc2ccncc2)c(N)c1. The minimum absolute atomic E-state index is 0.840. The molecular formula is C15H19N3. The van der Waals surface area contributed by atoms with Crippen LogP contribution in [0, 0.1) is 6.92 Å². The lowest BCUT2D eigenvalue weighted by Gasteiger charge is -2.21. The third-order valence-electron chi connectivity index (χ3n) is 3.08. The van der Waals surface area contributed by atoms with Gasteiger partial charge in [0.1, 0.15) is 0 Å². The zero-order valence-electron chi connectivity index (χ0n) is 10.9. The van der Waals surface area contributed by atoms with Crippen molar-refractivity contribution in [3.8, 4) is 0 Å². The van der Waals surface area contributed by atoms with Crippen LogP contribution in [0.3, 0.4) is 0 Å². The van der Waals surface area contributed by atoms with E-state index in [1.165, 1.54) is 11.1 Å². The number of nitrogens with zero attached hydrogens (tertiary/aromatic N) is 2. The molecule has 2 N–H and O–H groups in total. The Hall–Kier alpha value is -2.03. The largest absolute Gasteiger partial charge is 0.397 e. The van der Waals surface area contributed by atoms with Crippen molar-refractivity contribution in [2.24, 2.45) is 0 Å². The normalized spacial score (nSPS) is 10.3. The summed E-state index contributed by atoms with van der Waals surface area (Å²) in [6.45, 7) is 2.99. The van der Waals surface area contributed by atoms with E-state index in [1.807, 2.05) is 30.6 Å². The molecule has 2 aromatic rings. The van der Waals surface area contributed by atoms with Gasteiger partial charge in [-0.2, -0.15) is 0 Å². The molecule has 1 aromatic carbocycles. The third kappa shape index (κ3) is 3.00. The van der Waals surface area contributed by atoms with Gasteiger partial charge in [0, 0.05) is 26.0 Å². The molecule has 0 unspecified atom stereocenters. The van der Waals surface area contributed by atoms with Crippen LogP contribution in [0.15, 0.2) is 42.7 Å². The number of aryl methyl sites for hydroxylation is 1. The van der Waals surface area contributed by atoms with Crippen molar-refractivity contribution in [2.75, 3.05) is 24.2 Å². The topological polar surface area (TPSA) is 42.2 Å². The van der Waals surface area contributed by atoms with E-state index in [0.717, 1.165) is 24.3 Å². The molecule has 0 bridgehead atoms. The number of nitrogens with two attached hydrogens (primary N) is 1. The number of anilines is 2. The van der Waals surface area contributed by atoms with Crippen molar-refractivity contribution in [1.29, 1.82) is 0 Å². The van der Waals surface area contributed by atoms with Crippen LogP contribution in [-0.2, 0) is 6.42 Å². The molecule has 1 aromatic heterocycles. The molecule has 0 aliphatic carbocycles. The molecule has 0 spiro atoms. The second-order valence-corrected chi connectivity index (χ2v) is 4.59. The highest BCUT2D eigenvalue weighted by molar-refractivity contribution is 5.68. The molecule has 3 nitrogen and oxygen atoms in total. The number of pyridine rings is 1. The van der Waals surface area contributed by atoms with Gasteiger partial charge < -0.3 is 10.6 Å². The van der Waals surface area contributed by atoms with Gasteiger partial charge in [0.2, 0.25) is 0 Å². The fraction of sp³-hybridized carbons (Fsp3) is 0.267. The first-order valence-electron chi connectivity index (χ1n) is 6.13. The number of benzene rings is 1. The van der Waals surface area contributed by atoms with Crippen LogP contribution >= 0.6 is 0 Å². The summed E-state index contributed by atoms with van der Waals surface area (Å²) in [5.41, 5.74) is 10.5. The van der Waals surface area contributed by atoms with Crippen molar-refractivity contribution < 1.29 is 0 Å². The van der Waals surface area contributed by atoms with E-state index in [4.69, 9.17) is 5.73 Å². The lowest BCUT2D eigenvalue weighted by molar-refractivity contribution is 0.876. The molecule has 0 saturated carbocycles. The summed E-state index contributed by atoms with van der Waals surface area (Å²) in [6, 6.07) is 10.3. The van der Waals surface area contributed by atoms with E-state index in [9.17, 15) is 0 Å². The van der Waals surface area contributed by atoms with E-state index >= 15 is 0 Å². The minimum atomic E-state index is 0.840. The van der Waals surface area contributed by atoms with Gasteiger partial charge >= 0.3 is 0 Å². The Morgan fingerprint density at radius 3 is 2.56 bits per heavy atom. The lowest BCUT2D eigenvalue weighted by atomic mass is 10.1. The van der Waals surface area contributed by atoms with Gasteiger partial charge in [-0.25, -0.2) is 0 Å². The average Bonchev–Trinajstić information content (AvgIpc) is 2.37. The molecule has 0 aliphatic rings. The van der Waals surface area contributed by atoms with Crippen LogP contribution in [0.25, 0.3) is 0 Å². The van der Waals surface area contributed by atoms with Crippen molar-refractivity contribution >= 4 is 11.4 Å². The van der Waals surface area contributed by atoms with Gasteiger partial charge in [0.15, 0.2) is 0 Å². The van der Waals surface area contributed by atoms with E-state index < -0.39 is 0 Å². The number of aromatic nitrogens is 1. The van der Waals surface area contributed by atoms with Crippen LogP contribution in [0.1, 0.15) is 11.1 Å². The molecule has 1 heterocycles. The number of hydrogen-bond acceptors (Lipinski definition) is 3. The molecule has 0 radical (unpaired) electrons. The monoisotopic (exact) mass is 241 g/mol. The van der Waals surface area contributed by atoms with E-state index in [-0.39, 0.29) is 0 Å². The van der Waals surface area contributed by atoms with Gasteiger partial charge in [-0.15, -0.1) is 0 Å². The second kappa shape index (κ2) is 5.54. The van der Waals surface area contributed by atoms with Crippen LogP contribution in [-0.4, -0.2) is 18.6 Å². The maximum Gasteiger partial charge on any atom is 0.0597 e. The molecule has 2 rings (SSSR count). The summed E-state index contributed by atoms with van der Waals surface area (Å²) < 4.78 is 0. The first kappa shape index (κ1) is 12.4. The smallest absolute Gasteiger partial charge is 0.0597 e. The summed E-state index contributed by atoms with van der Waals surface area (Å²) in [5, 5.41) is 0. The second-order valence-electron chi connectivity index (χ2n) is 4.59. The highest BCUT2D eigenvalue weighted by atomic mass is 15.1. The van der Waals surface area contributed by atoms with Crippen molar-refractivity contribution in [2.45, 2.75) is 13.3 Å². The molecule has 0 fully saturated rings. The summed E-state index contributed by atoms with van der Waals surface area (Å²) in [5.74, 6) is 0. The van der Waals surface area contributed by atoms with Crippen LogP contribution in [0.2, 0.25) is 0 Å². The Labute approximate surface area is 108 Å². The minimum Gasteiger partial charge on any atom is -0.397 e. The van der Waals surface area contributed by atoms with Gasteiger partial charge in [0.25, 0.3) is 0 Å². The molecule has 0 aliphatic heterocycles. The quantitative estimate of drug-likeness (QED) is 0.837. The summed E-state index contributed by atoms with van der Waals surface area (Å²) in [7, 11) is 2.07. The molecular weight excluding hydrogens is 222 g/mol. The molecule has 3 heteroatoms. The van der Waals surface area contributed by atoms with Crippen LogP contribution in [0.5, 0.6) is 0 Å². The van der Waals surface area contributed by atoms with Crippen molar-refractivity contribution in [3.63, 3.8) is 0 Å². The highest BCUT2D eigenvalue weighted by Crippen LogP contribution is 2.23. The number of likely N-dealkylation sites (N-methyl/N-ethyl adjacent to an activating group) is 1. The third-order valence-corrected chi connectivity index (χ3v) is 3.08. The standard InChI is InChI=1S/C15H19N3/c1-12-3-4-15(14(16)11-12)18(2)10-7-13-5-8-17-9-6-13/h3-6,8-9,11H,7,10,16H2,1-2H3. The van der Waals surface area contributed by atoms with Gasteiger partial charge in [-0.3, -0.25) is 4.98 Å². The van der Waals surface area contributed by atoms with Gasteiger partial charge in [-0.05, 0) is 48.7 Å². The summed E-state index contributed by atoms with van der Waals surface area (Å²) >= 11 is 0. The zero-order valence-corrected chi connectivity index (χ0v) is 10.9. The highest BCUT2D eigenvalue weighted by Gasteiger charge is 2.05. The van der Waals surface area contributed by atoms with Crippen molar-refractivity contribution in [1.82, 2.24) is 4.98 Å². The number of hydrogen-bond donors (Lipinski definition) is 1. The Bertz CT molecular complexity index is 508. The fourth-order valence-corrected chi connectivity index (χ4v) is 1.99. The lowest BCUT2D eigenvalue weighted by Crippen LogP contribution is -2.21. The first-order valence-corrected chi connectivity index (χ1v) is 6.13. The maximum absolute atomic E-state index is 6.04. The van der Waals surface area contributed by atoms with E-state index in [1.54, 1.807) is 0 Å². The Kier molecular flexibility index (Phi) is 3.82. The van der Waals surface area contributed by atoms with Crippen LogP contribution < -0.4 is 10.6 Å². The predicted octanol–water partition coefficient (Wildman–Crippen LogP) is 2.65. The Balaban J connectivity index is 2.01. The van der Waals surface area contributed by atoms with Crippen molar-refractivity contribution in [3.05, 3.63) is 53.9 Å². The Morgan fingerprint density at radius 2 is 1.89 bits per heavy atom. The average molecular weight is 241 g/mol. The molecule has 0 saturated heterocycles. The Morgan fingerprint density at radius 1 is 1.17 bits per heavy atom. The summed E-state index contributed by atoms with van der Waals surface area (Å²) in [4.78, 5) is 6.21. The predicted molar refractivity (Wildman–Crippen MR) is 76.8 cm³/mol. The zero-order chi connectivity index (χ0) is 13.0.